The Morgan fingerprint density at radius 1 is 1.14 bits per heavy atom. The maximum absolute atomic E-state index is 11.8. The zero-order valence-electron chi connectivity index (χ0n) is 12.9. The molecule has 0 aliphatic heterocycles. The highest BCUT2D eigenvalue weighted by molar-refractivity contribution is 7.86. The van der Waals surface area contributed by atoms with Crippen LogP contribution in [0.15, 0.2) is 4.90 Å². The summed E-state index contributed by atoms with van der Waals surface area (Å²) in [6.07, 6.45) is 0.955. The predicted octanol–water partition coefficient (Wildman–Crippen LogP) is 2.73. The molecule has 0 amide bonds. The maximum atomic E-state index is 11.8. The molecule has 0 saturated heterocycles. The van der Waals surface area contributed by atoms with E-state index in [0.29, 0.717) is 18.4 Å². The van der Waals surface area contributed by atoms with Gasteiger partial charge in [-0.15, -0.1) is 0 Å². The molecule has 0 aliphatic carbocycles. The van der Waals surface area contributed by atoms with Gasteiger partial charge in [0, 0.05) is 11.1 Å². The zero-order chi connectivity index (χ0) is 16.4. The average molecular weight is 318 g/mol. The number of phenolic OH excluding ortho intramolecular Hbond substituents is 1. The van der Waals surface area contributed by atoms with Gasteiger partial charge < -0.3 is 14.6 Å². The summed E-state index contributed by atoms with van der Waals surface area (Å²) in [4.78, 5) is -0.380. The van der Waals surface area contributed by atoms with Crippen molar-refractivity contribution >= 4 is 10.1 Å². The highest BCUT2D eigenvalue weighted by Gasteiger charge is 2.32. The first-order chi connectivity index (χ1) is 9.74. The zero-order valence-corrected chi connectivity index (χ0v) is 13.7. The minimum absolute atomic E-state index is 0.0185. The third kappa shape index (κ3) is 3.08. The minimum atomic E-state index is -4.55. The van der Waals surface area contributed by atoms with Crippen LogP contribution in [0, 0.1) is 0 Å². The molecule has 0 heterocycles. The normalized spacial score (nSPS) is 13.0. The molecule has 0 spiro atoms. The lowest BCUT2D eigenvalue weighted by Gasteiger charge is -2.23. The van der Waals surface area contributed by atoms with Gasteiger partial charge in [-0.25, -0.2) is 0 Å². The van der Waals surface area contributed by atoms with Crippen LogP contribution in [-0.2, 0) is 16.5 Å². The van der Waals surface area contributed by atoms with Crippen LogP contribution in [0.3, 0.4) is 0 Å². The summed E-state index contributed by atoms with van der Waals surface area (Å²) in [6, 6.07) is 0. The van der Waals surface area contributed by atoms with Crippen molar-refractivity contribution in [1.29, 1.82) is 0 Å². The van der Waals surface area contributed by atoms with E-state index in [1.54, 1.807) is 13.8 Å². The molecule has 7 heteroatoms. The highest BCUT2D eigenvalue weighted by atomic mass is 32.2. The van der Waals surface area contributed by atoms with Crippen LogP contribution in [0.25, 0.3) is 0 Å². The van der Waals surface area contributed by atoms with Crippen molar-refractivity contribution in [3.63, 3.8) is 0 Å². The third-order valence-corrected chi connectivity index (χ3v) is 4.52. The predicted molar refractivity (Wildman–Crippen MR) is 79.1 cm³/mol. The lowest BCUT2D eigenvalue weighted by atomic mass is 9.94. The van der Waals surface area contributed by atoms with Gasteiger partial charge in [0.2, 0.25) is 0 Å². The van der Waals surface area contributed by atoms with E-state index in [2.05, 4.69) is 0 Å². The van der Waals surface area contributed by atoms with Crippen LogP contribution in [0.5, 0.6) is 17.2 Å². The fourth-order valence-corrected chi connectivity index (χ4v) is 3.43. The molecule has 0 bridgehead atoms. The van der Waals surface area contributed by atoms with Crippen LogP contribution < -0.4 is 9.47 Å². The van der Waals surface area contributed by atoms with E-state index in [1.807, 2.05) is 6.92 Å². The van der Waals surface area contributed by atoms with Gasteiger partial charge in [-0.1, -0.05) is 20.8 Å². The van der Waals surface area contributed by atoms with Crippen molar-refractivity contribution in [1.82, 2.24) is 0 Å². The van der Waals surface area contributed by atoms with E-state index in [4.69, 9.17) is 9.47 Å². The van der Waals surface area contributed by atoms with Crippen LogP contribution in [-0.4, -0.2) is 32.3 Å². The second kappa shape index (κ2) is 6.53. The Labute approximate surface area is 125 Å². The van der Waals surface area contributed by atoms with Gasteiger partial charge in [0.1, 0.15) is 10.6 Å². The van der Waals surface area contributed by atoms with Gasteiger partial charge in [-0.3, -0.25) is 4.55 Å². The number of benzene rings is 1. The molecule has 1 rings (SSSR count). The van der Waals surface area contributed by atoms with E-state index in [1.165, 1.54) is 14.2 Å². The lowest BCUT2D eigenvalue weighted by molar-refractivity contribution is 0.344. The molecule has 1 unspecified atom stereocenters. The van der Waals surface area contributed by atoms with Crippen molar-refractivity contribution in [3.8, 4) is 17.2 Å². The molecule has 0 saturated carbocycles. The second-order valence-electron chi connectivity index (χ2n) is 4.77. The molecule has 120 valence electrons. The van der Waals surface area contributed by atoms with Gasteiger partial charge in [0.05, 0.1) is 14.2 Å². The van der Waals surface area contributed by atoms with Crippen molar-refractivity contribution in [2.75, 3.05) is 14.2 Å². The Balaban J connectivity index is 4.02. The van der Waals surface area contributed by atoms with Crippen LogP contribution >= 0.6 is 0 Å². The number of hydrogen-bond donors (Lipinski definition) is 2. The van der Waals surface area contributed by atoms with Gasteiger partial charge in [0.25, 0.3) is 10.1 Å². The topological polar surface area (TPSA) is 93.1 Å². The van der Waals surface area contributed by atoms with Crippen molar-refractivity contribution < 1.29 is 27.6 Å². The largest absolute Gasteiger partial charge is 0.504 e. The standard InChI is InChI=1S/C14H22O6S/c1-6-8(3)10-11(15)12(19-4)9(7-2)13(20-5)14(10)21(16,17)18/h8,15H,6-7H2,1-5H3,(H,16,17,18). The summed E-state index contributed by atoms with van der Waals surface area (Å²) < 4.78 is 43.6. The third-order valence-electron chi connectivity index (χ3n) is 3.59. The Hall–Kier alpha value is -1.47. The smallest absolute Gasteiger partial charge is 0.298 e. The molecule has 0 radical (unpaired) electrons. The number of ether oxygens (including phenoxy) is 2. The summed E-state index contributed by atoms with van der Waals surface area (Å²) in [7, 11) is -1.84. The highest BCUT2D eigenvalue weighted by Crippen LogP contribution is 2.48. The summed E-state index contributed by atoms with van der Waals surface area (Å²) >= 11 is 0. The van der Waals surface area contributed by atoms with Crippen LogP contribution in [0.4, 0.5) is 0 Å². The Morgan fingerprint density at radius 2 is 1.67 bits per heavy atom. The Bertz CT molecular complexity index is 621. The van der Waals surface area contributed by atoms with Gasteiger partial charge >= 0.3 is 0 Å². The molecular formula is C14H22O6S. The molecule has 21 heavy (non-hydrogen) atoms. The number of hydrogen-bond acceptors (Lipinski definition) is 5. The average Bonchev–Trinajstić information content (AvgIpc) is 2.43. The molecule has 2 N–H and O–H groups in total. The minimum Gasteiger partial charge on any atom is -0.504 e. The number of methoxy groups -OCH3 is 2. The van der Waals surface area contributed by atoms with Crippen molar-refractivity contribution in [2.24, 2.45) is 0 Å². The summed E-state index contributed by atoms with van der Waals surface area (Å²) in [5.74, 6) is -0.366. The first-order valence-corrected chi connectivity index (χ1v) is 8.15. The fraction of sp³-hybridized carbons (Fsp3) is 0.571. The van der Waals surface area contributed by atoms with E-state index < -0.39 is 10.1 Å². The van der Waals surface area contributed by atoms with Gasteiger partial charge in [-0.2, -0.15) is 8.42 Å². The van der Waals surface area contributed by atoms with E-state index in [9.17, 15) is 18.1 Å². The Morgan fingerprint density at radius 3 is 2.00 bits per heavy atom. The first-order valence-electron chi connectivity index (χ1n) is 6.71. The quantitative estimate of drug-likeness (QED) is 0.783. The molecule has 0 fully saturated rings. The van der Waals surface area contributed by atoms with Crippen LogP contribution in [0.2, 0.25) is 0 Å². The van der Waals surface area contributed by atoms with Crippen molar-refractivity contribution in [2.45, 2.75) is 44.4 Å². The molecular weight excluding hydrogens is 296 g/mol. The lowest BCUT2D eigenvalue weighted by Crippen LogP contribution is -2.11. The molecule has 0 aromatic heterocycles. The van der Waals surface area contributed by atoms with E-state index in [0.717, 1.165) is 0 Å². The molecule has 0 aliphatic rings. The van der Waals surface area contributed by atoms with Crippen molar-refractivity contribution in [3.05, 3.63) is 11.1 Å². The van der Waals surface area contributed by atoms with Gasteiger partial charge in [-0.05, 0) is 18.8 Å². The number of phenols is 1. The molecule has 6 nitrogen and oxygen atoms in total. The first kappa shape index (κ1) is 17.6. The van der Waals surface area contributed by atoms with Crippen LogP contribution in [0.1, 0.15) is 44.2 Å². The molecule has 1 aromatic carbocycles. The summed E-state index contributed by atoms with van der Waals surface area (Å²) in [6.45, 7) is 5.38. The van der Waals surface area contributed by atoms with E-state index in [-0.39, 0.29) is 33.6 Å². The molecule has 1 atom stereocenters. The SMILES string of the molecule is CCc1c(OC)c(O)c(C(C)CC)c(S(=O)(=O)O)c1OC. The number of aromatic hydroxyl groups is 1. The summed E-state index contributed by atoms with van der Waals surface area (Å²) in [5, 5.41) is 10.4. The maximum Gasteiger partial charge on any atom is 0.298 e. The Kier molecular flexibility index (Phi) is 5.47. The number of rotatable bonds is 6. The monoisotopic (exact) mass is 318 g/mol. The fourth-order valence-electron chi connectivity index (χ4n) is 2.41. The summed E-state index contributed by atoms with van der Waals surface area (Å²) in [5.41, 5.74) is 0.517. The van der Waals surface area contributed by atoms with E-state index >= 15 is 0 Å². The second-order valence-corrected chi connectivity index (χ2v) is 6.13. The van der Waals surface area contributed by atoms with Gasteiger partial charge in [0.15, 0.2) is 11.5 Å². The molecule has 1 aromatic rings.